The van der Waals surface area contributed by atoms with E-state index in [9.17, 15) is 19.5 Å². The van der Waals surface area contributed by atoms with Crippen LogP contribution >= 0.6 is 0 Å². The predicted molar refractivity (Wildman–Crippen MR) is 116 cm³/mol. The number of rotatable bonds is 9. The summed E-state index contributed by atoms with van der Waals surface area (Å²) in [6, 6.07) is 8.14. The zero-order chi connectivity index (χ0) is 24.1. The second kappa shape index (κ2) is 10.0. The maximum atomic E-state index is 12.7. The molecule has 33 heavy (non-hydrogen) atoms. The number of fused-ring (bicyclic) bond motifs is 1. The Bertz CT molecular complexity index is 1110. The Kier molecular flexibility index (Phi) is 7.19. The normalized spacial score (nSPS) is 15.3. The minimum absolute atomic E-state index is 0.0876. The Morgan fingerprint density at radius 3 is 2.48 bits per heavy atom. The molecular weight excluding hydrogens is 434 g/mol. The van der Waals surface area contributed by atoms with Crippen molar-refractivity contribution in [1.82, 2.24) is 5.32 Å². The van der Waals surface area contributed by atoms with Gasteiger partial charge in [0, 0.05) is 17.7 Å². The van der Waals surface area contributed by atoms with Gasteiger partial charge in [-0.1, -0.05) is 0 Å². The van der Waals surface area contributed by atoms with E-state index >= 15 is 0 Å². The van der Waals surface area contributed by atoms with Gasteiger partial charge in [-0.15, -0.1) is 0 Å². The van der Waals surface area contributed by atoms with Crippen LogP contribution in [0.4, 0.5) is 0 Å². The number of carboxylic acid groups (broad SMARTS) is 1. The van der Waals surface area contributed by atoms with Crippen LogP contribution in [-0.2, 0) is 9.59 Å². The zero-order valence-electron chi connectivity index (χ0n) is 18.2. The summed E-state index contributed by atoms with van der Waals surface area (Å²) in [6.07, 6.45) is 0.275. The fraction of sp³-hybridized carbons (Fsp3) is 0.261. The molecule has 0 radical (unpaired) electrons. The number of ether oxygens (including phenoxy) is 4. The smallest absolute Gasteiger partial charge is 0.328 e. The van der Waals surface area contributed by atoms with Gasteiger partial charge in [0.1, 0.15) is 23.0 Å². The highest BCUT2D eigenvalue weighted by atomic mass is 16.5. The minimum atomic E-state index is -1.45. The van der Waals surface area contributed by atoms with Crippen molar-refractivity contribution in [2.45, 2.75) is 19.1 Å². The minimum Gasteiger partial charge on any atom is -0.497 e. The number of hydrogen-bond acceptors (Lipinski definition) is 8. The van der Waals surface area contributed by atoms with Gasteiger partial charge in [0.15, 0.2) is 18.4 Å². The quantitative estimate of drug-likeness (QED) is 0.479. The molecule has 1 aliphatic heterocycles. The van der Waals surface area contributed by atoms with E-state index in [4.69, 9.17) is 24.1 Å². The van der Waals surface area contributed by atoms with E-state index in [0.29, 0.717) is 22.6 Å². The molecule has 0 aliphatic carbocycles. The molecule has 0 aromatic heterocycles. The number of carbonyl (C=O) groups is 3. The first-order chi connectivity index (χ1) is 15.7. The summed E-state index contributed by atoms with van der Waals surface area (Å²) < 4.78 is 21.6. The Labute approximate surface area is 189 Å². The molecule has 10 nitrogen and oxygen atoms in total. The lowest BCUT2D eigenvalue weighted by Gasteiger charge is -2.17. The SMILES string of the molecule is COc1ccc(/C=C2\Oc3cc(OCC(=O)N[C@H](C(=O)O)C(C)O)ccc3C2=O)c(OC)c1. The molecular formula is C23H23NO9. The Morgan fingerprint density at radius 1 is 1.12 bits per heavy atom. The number of nitrogens with one attached hydrogen (secondary N) is 1. The van der Waals surface area contributed by atoms with Gasteiger partial charge in [-0.25, -0.2) is 4.79 Å². The molecule has 3 N–H and O–H groups in total. The van der Waals surface area contributed by atoms with Crippen LogP contribution in [0.2, 0.25) is 0 Å². The van der Waals surface area contributed by atoms with Crippen molar-refractivity contribution in [3.8, 4) is 23.0 Å². The molecule has 2 aromatic rings. The van der Waals surface area contributed by atoms with Crippen LogP contribution in [0.3, 0.4) is 0 Å². The first kappa shape index (κ1) is 23.6. The number of methoxy groups -OCH3 is 2. The van der Waals surface area contributed by atoms with Gasteiger partial charge in [-0.2, -0.15) is 0 Å². The molecule has 3 rings (SSSR count). The summed E-state index contributed by atoms with van der Waals surface area (Å²) >= 11 is 0. The Morgan fingerprint density at radius 2 is 1.85 bits per heavy atom. The van der Waals surface area contributed by atoms with Crippen LogP contribution in [0.5, 0.6) is 23.0 Å². The summed E-state index contributed by atoms with van der Waals surface area (Å²) in [5.41, 5.74) is 0.944. The number of aliphatic hydroxyl groups is 1. The topological polar surface area (TPSA) is 141 Å². The predicted octanol–water partition coefficient (Wildman–Crippen LogP) is 1.65. The maximum absolute atomic E-state index is 12.7. The highest BCUT2D eigenvalue weighted by Crippen LogP contribution is 2.36. The number of amides is 1. The summed E-state index contributed by atoms with van der Waals surface area (Å²) in [7, 11) is 3.04. The summed E-state index contributed by atoms with van der Waals surface area (Å²) in [4.78, 5) is 35.7. The number of aliphatic hydroxyl groups excluding tert-OH is 1. The van der Waals surface area contributed by atoms with Crippen molar-refractivity contribution in [3.63, 3.8) is 0 Å². The molecule has 0 saturated carbocycles. The molecule has 10 heteroatoms. The first-order valence-electron chi connectivity index (χ1n) is 9.86. The van der Waals surface area contributed by atoms with Crippen molar-refractivity contribution < 1.29 is 43.5 Å². The highest BCUT2D eigenvalue weighted by molar-refractivity contribution is 6.14. The molecule has 0 spiro atoms. The fourth-order valence-electron chi connectivity index (χ4n) is 3.09. The number of benzene rings is 2. The van der Waals surface area contributed by atoms with Crippen LogP contribution in [0, 0.1) is 0 Å². The molecule has 0 saturated heterocycles. The van der Waals surface area contributed by atoms with Crippen molar-refractivity contribution in [2.24, 2.45) is 0 Å². The Balaban J connectivity index is 1.70. The van der Waals surface area contributed by atoms with Crippen LogP contribution in [0.25, 0.3) is 6.08 Å². The van der Waals surface area contributed by atoms with E-state index in [0.717, 1.165) is 0 Å². The van der Waals surface area contributed by atoms with Gasteiger partial charge in [-0.05, 0) is 37.3 Å². The summed E-state index contributed by atoms with van der Waals surface area (Å²) in [5.74, 6) is -0.736. The fourth-order valence-corrected chi connectivity index (χ4v) is 3.09. The van der Waals surface area contributed by atoms with E-state index in [2.05, 4.69) is 5.32 Å². The zero-order valence-corrected chi connectivity index (χ0v) is 18.2. The van der Waals surface area contributed by atoms with Crippen molar-refractivity contribution in [2.75, 3.05) is 20.8 Å². The third kappa shape index (κ3) is 5.42. The summed E-state index contributed by atoms with van der Waals surface area (Å²) in [6.45, 7) is 0.760. The van der Waals surface area contributed by atoms with Crippen LogP contribution in [0.1, 0.15) is 22.8 Å². The molecule has 1 amide bonds. The van der Waals surface area contributed by atoms with Gasteiger partial charge >= 0.3 is 5.97 Å². The van der Waals surface area contributed by atoms with Crippen LogP contribution < -0.4 is 24.3 Å². The molecule has 1 aliphatic rings. The molecule has 0 bridgehead atoms. The summed E-state index contributed by atoms with van der Waals surface area (Å²) in [5, 5.41) is 20.6. The van der Waals surface area contributed by atoms with Crippen molar-refractivity contribution >= 4 is 23.7 Å². The second-order valence-corrected chi connectivity index (χ2v) is 7.12. The molecule has 1 unspecified atom stereocenters. The Hall–Kier alpha value is -4.05. The lowest BCUT2D eigenvalue weighted by atomic mass is 10.1. The van der Waals surface area contributed by atoms with E-state index in [1.807, 2.05) is 0 Å². The number of carboxylic acids is 1. The molecule has 2 aromatic carbocycles. The first-order valence-corrected chi connectivity index (χ1v) is 9.86. The van der Waals surface area contributed by atoms with E-state index in [1.54, 1.807) is 24.3 Å². The van der Waals surface area contributed by atoms with Crippen LogP contribution in [-0.4, -0.2) is 60.8 Å². The van der Waals surface area contributed by atoms with Gasteiger partial charge < -0.3 is 34.5 Å². The third-order valence-corrected chi connectivity index (χ3v) is 4.80. The van der Waals surface area contributed by atoms with Gasteiger partial charge in [0.2, 0.25) is 5.78 Å². The standard InChI is InChI=1S/C23H23NO9/c1-12(25)21(23(28)29)24-20(26)11-32-15-6-7-16-18(10-15)33-19(22(16)27)8-13-4-5-14(30-2)9-17(13)31-3/h4-10,12,21,25H,11H2,1-3H3,(H,24,26)(H,28,29)/b19-8-/t12?,21-/m0/s1. The highest BCUT2D eigenvalue weighted by Gasteiger charge is 2.29. The van der Waals surface area contributed by atoms with E-state index in [-0.39, 0.29) is 23.0 Å². The molecule has 0 fully saturated rings. The lowest BCUT2D eigenvalue weighted by Crippen LogP contribution is -2.49. The van der Waals surface area contributed by atoms with E-state index in [1.165, 1.54) is 39.3 Å². The number of hydrogen-bond donors (Lipinski definition) is 3. The monoisotopic (exact) mass is 457 g/mol. The maximum Gasteiger partial charge on any atom is 0.328 e. The van der Waals surface area contributed by atoms with Crippen molar-refractivity contribution in [3.05, 3.63) is 53.3 Å². The van der Waals surface area contributed by atoms with Crippen molar-refractivity contribution in [1.29, 1.82) is 0 Å². The number of ketones is 1. The molecule has 2 atom stereocenters. The average molecular weight is 457 g/mol. The van der Waals surface area contributed by atoms with Gasteiger partial charge in [0.05, 0.1) is 25.9 Å². The van der Waals surface area contributed by atoms with Gasteiger partial charge in [-0.3, -0.25) is 9.59 Å². The number of carbonyl (C=O) groups excluding carboxylic acids is 2. The molecule has 1 heterocycles. The number of aliphatic carboxylic acids is 1. The second-order valence-electron chi connectivity index (χ2n) is 7.12. The number of allylic oxidation sites excluding steroid dienone is 1. The number of Topliss-reactive ketones (excluding diaryl/α,β-unsaturated/α-hetero) is 1. The van der Waals surface area contributed by atoms with E-state index < -0.39 is 30.6 Å². The largest absolute Gasteiger partial charge is 0.497 e. The average Bonchev–Trinajstić information content (AvgIpc) is 3.10. The molecule has 174 valence electrons. The lowest BCUT2D eigenvalue weighted by molar-refractivity contribution is -0.145. The van der Waals surface area contributed by atoms with Gasteiger partial charge in [0.25, 0.3) is 5.91 Å². The van der Waals surface area contributed by atoms with Crippen LogP contribution in [0.15, 0.2) is 42.2 Å². The third-order valence-electron chi connectivity index (χ3n) is 4.80.